The van der Waals surface area contributed by atoms with Crippen LogP contribution in [-0.4, -0.2) is 0 Å². The SMILES string of the molecule is C=C(CC)Cc1cc(C(C)C)ccc1F. The zero-order valence-electron chi connectivity index (χ0n) is 9.81. The number of rotatable bonds is 4. The van der Waals surface area contributed by atoms with Crippen molar-refractivity contribution in [2.45, 2.75) is 39.5 Å². The molecule has 0 atom stereocenters. The summed E-state index contributed by atoms with van der Waals surface area (Å²) in [6, 6.07) is 5.38. The van der Waals surface area contributed by atoms with Crippen LogP contribution in [0.25, 0.3) is 0 Å². The summed E-state index contributed by atoms with van der Waals surface area (Å²) in [6.07, 6.45) is 1.56. The number of hydrogen-bond donors (Lipinski definition) is 0. The molecule has 0 aliphatic carbocycles. The highest BCUT2D eigenvalue weighted by molar-refractivity contribution is 5.29. The van der Waals surface area contributed by atoms with Gasteiger partial charge in [0, 0.05) is 0 Å². The van der Waals surface area contributed by atoms with E-state index in [1.54, 1.807) is 6.07 Å². The van der Waals surface area contributed by atoms with Crippen molar-refractivity contribution in [3.05, 3.63) is 47.3 Å². The highest BCUT2D eigenvalue weighted by Gasteiger charge is 2.06. The van der Waals surface area contributed by atoms with Gasteiger partial charge in [0.1, 0.15) is 5.82 Å². The fraction of sp³-hybridized carbons (Fsp3) is 0.429. The molecule has 0 aromatic heterocycles. The van der Waals surface area contributed by atoms with Crippen LogP contribution in [0.2, 0.25) is 0 Å². The van der Waals surface area contributed by atoms with E-state index in [0.717, 1.165) is 17.6 Å². The Labute approximate surface area is 91.8 Å². The average molecular weight is 206 g/mol. The number of halogens is 1. The number of benzene rings is 1. The molecule has 0 nitrogen and oxygen atoms in total. The molecule has 0 N–H and O–H groups in total. The van der Waals surface area contributed by atoms with Crippen LogP contribution in [0.4, 0.5) is 4.39 Å². The summed E-state index contributed by atoms with van der Waals surface area (Å²) >= 11 is 0. The van der Waals surface area contributed by atoms with Gasteiger partial charge in [-0.3, -0.25) is 0 Å². The lowest BCUT2D eigenvalue weighted by Gasteiger charge is -2.10. The van der Waals surface area contributed by atoms with Crippen molar-refractivity contribution in [1.82, 2.24) is 0 Å². The van der Waals surface area contributed by atoms with Gasteiger partial charge in [-0.05, 0) is 36.0 Å². The van der Waals surface area contributed by atoms with Crippen molar-refractivity contribution in [3.8, 4) is 0 Å². The third-order valence-electron chi connectivity index (χ3n) is 2.68. The van der Waals surface area contributed by atoms with Crippen LogP contribution in [0.5, 0.6) is 0 Å². The number of hydrogen-bond acceptors (Lipinski definition) is 0. The van der Waals surface area contributed by atoms with Crippen molar-refractivity contribution >= 4 is 0 Å². The molecule has 0 aliphatic heterocycles. The summed E-state index contributed by atoms with van der Waals surface area (Å²) in [5, 5.41) is 0. The van der Waals surface area contributed by atoms with E-state index in [9.17, 15) is 4.39 Å². The van der Waals surface area contributed by atoms with Gasteiger partial charge >= 0.3 is 0 Å². The monoisotopic (exact) mass is 206 g/mol. The molecule has 0 radical (unpaired) electrons. The van der Waals surface area contributed by atoms with E-state index in [4.69, 9.17) is 0 Å². The Hall–Kier alpha value is -1.11. The van der Waals surface area contributed by atoms with Gasteiger partial charge in [0.05, 0.1) is 0 Å². The zero-order valence-corrected chi connectivity index (χ0v) is 9.81. The van der Waals surface area contributed by atoms with Crippen LogP contribution in [0.15, 0.2) is 30.4 Å². The lowest BCUT2D eigenvalue weighted by atomic mass is 9.97. The van der Waals surface area contributed by atoms with Crippen molar-refractivity contribution in [2.75, 3.05) is 0 Å². The summed E-state index contributed by atoms with van der Waals surface area (Å²) in [5.74, 6) is 0.327. The summed E-state index contributed by atoms with van der Waals surface area (Å²) < 4.78 is 13.5. The Morgan fingerprint density at radius 2 is 2.07 bits per heavy atom. The van der Waals surface area contributed by atoms with E-state index in [0.29, 0.717) is 12.3 Å². The van der Waals surface area contributed by atoms with Crippen LogP contribution < -0.4 is 0 Å². The Morgan fingerprint density at radius 3 is 2.60 bits per heavy atom. The minimum atomic E-state index is -0.117. The molecule has 1 rings (SSSR count). The van der Waals surface area contributed by atoms with Gasteiger partial charge in [-0.25, -0.2) is 4.39 Å². The van der Waals surface area contributed by atoms with Gasteiger partial charge in [-0.2, -0.15) is 0 Å². The average Bonchev–Trinajstić information content (AvgIpc) is 2.20. The second kappa shape index (κ2) is 5.11. The molecular weight excluding hydrogens is 187 g/mol. The molecule has 0 bridgehead atoms. The van der Waals surface area contributed by atoms with Crippen LogP contribution >= 0.6 is 0 Å². The molecule has 0 saturated carbocycles. The van der Waals surface area contributed by atoms with Crippen molar-refractivity contribution < 1.29 is 4.39 Å². The van der Waals surface area contributed by atoms with Crippen LogP contribution in [0, 0.1) is 5.82 Å². The highest BCUT2D eigenvalue weighted by atomic mass is 19.1. The second-order valence-electron chi connectivity index (χ2n) is 4.29. The van der Waals surface area contributed by atoms with Gasteiger partial charge in [0.25, 0.3) is 0 Å². The van der Waals surface area contributed by atoms with Gasteiger partial charge in [-0.1, -0.05) is 45.1 Å². The molecule has 1 aromatic rings. The smallest absolute Gasteiger partial charge is 0.126 e. The van der Waals surface area contributed by atoms with E-state index >= 15 is 0 Å². The van der Waals surface area contributed by atoms with E-state index < -0.39 is 0 Å². The summed E-state index contributed by atoms with van der Waals surface area (Å²) in [5.41, 5.74) is 3.04. The predicted octanol–water partition coefficient (Wildman–Crippen LogP) is 4.46. The van der Waals surface area contributed by atoms with Crippen LogP contribution in [0.1, 0.15) is 44.2 Å². The van der Waals surface area contributed by atoms with E-state index in [-0.39, 0.29) is 5.82 Å². The molecule has 0 fully saturated rings. The molecule has 1 aromatic carbocycles. The minimum absolute atomic E-state index is 0.117. The quantitative estimate of drug-likeness (QED) is 0.638. The summed E-state index contributed by atoms with van der Waals surface area (Å²) in [6.45, 7) is 10.2. The maximum absolute atomic E-state index is 13.5. The van der Waals surface area contributed by atoms with Crippen molar-refractivity contribution in [1.29, 1.82) is 0 Å². The standard InChI is InChI=1S/C14H19F/c1-5-11(4)8-13-9-12(10(2)3)6-7-14(13)15/h6-7,9-10H,4-5,8H2,1-3H3. The maximum Gasteiger partial charge on any atom is 0.126 e. The molecule has 0 aliphatic rings. The first-order chi connectivity index (χ1) is 7.04. The molecule has 0 heterocycles. The van der Waals surface area contributed by atoms with E-state index in [2.05, 4.69) is 20.4 Å². The van der Waals surface area contributed by atoms with E-state index in [1.165, 1.54) is 5.56 Å². The topological polar surface area (TPSA) is 0 Å². The summed E-state index contributed by atoms with van der Waals surface area (Å²) in [4.78, 5) is 0. The minimum Gasteiger partial charge on any atom is -0.207 e. The second-order valence-corrected chi connectivity index (χ2v) is 4.29. The van der Waals surface area contributed by atoms with Crippen LogP contribution in [0.3, 0.4) is 0 Å². The Kier molecular flexibility index (Phi) is 4.07. The number of allylic oxidation sites excluding steroid dienone is 1. The molecule has 0 saturated heterocycles. The van der Waals surface area contributed by atoms with Gasteiger partial charge < -0.3 is 0 Å². The third kappa shape index (κ3) is 3.19. The first kappa shape index (κ1) is 12.0. The first-order valence-electron chi connectivity index (χ1n) is 5.49. The van der Waals surface area contributed by atoms with Crippen molar-refractivity contribution in [3.63, 3.8) is 0 Å². The van der Waals surface area contributed by atoms with Crippen LogP contribution in [-0.2, 0) is 6.42 Å². The Morgan fingerprint density at radius 1 is 1.40 bits per heavy atom. The third-order valence-corrected chi connectivity index (χ3v) is 2.68. The van der Waals surface area contributed by atoms with Crippen molar-refractivity contribution in [2.24, 2.45) is 0 Å². The predicted molar refractivity (Wildman–Crippen MR) is 63.6 cm³/mol. The zero-order chi connectivity index (χ0) is 11.4. The molecule has 1 heteroatoms. The van der Waals surface area contributed by atoms with Gasteiger partial charge in [0.2, 0.25) is 0 Å². The van der Waals surface area contributed by atoms with Gasteiger partial charge in [0.15, 0.2) is 0 Å². The molecule has 0 spiro atoms. The molecular formula is C14H19F. The lowest BCUT2D eigenvalue weighted by molar-refractivity contribution is 0.611. The Bertz CT molecular complexity index is 350. The lowest BCUT2D eigenvalue weighted by Crippen LogP contribution is -1.96. The normalized spacial score (nSPS) is 10.7. The first-order valence-corrected chi connectivity index (χ1v) is 5.49. The summed E-state index contributed by atoms with van der Waals surface area (Å²) in [7, 11) is 0. The fourth-order valence-electron chi connectivity index (χ4n) is 1.48. The molecule has 82 valence electrons. The highest BCUT2D eigenvalue weighted by Crippen LogP contribution is 2.20. The largest absolute Gasteiger partial charge is 0.207 e. The molecule has 15 heavy (non-hydrogen) atoms. The van der Waals surface area contributed by atoms with Gasteiger partial charge in [-0.15, -0.1) is 0 Å². The fourth-order valence-corrected chi connectivity index (χ4v) is 1.48. The molecule has 0 unspecified atom stereocenters. The maximum atomic E-state index is 13.5. The molecule has 0 amide bonds. The van der Waals surface area contributed by atoms with E-state index in [1.807, 2.05) is 19.1 Å². The Balaban J connectivity index is 2.95.